The molecule has 108 valence electrons. The maximum absolute atomic E-state index is 12.6. The van der Waals surface area contributed by atoms with Gasteiger partial charge in [-0.15, -0.1) is 0 Å². The van der Waals surface area contributed by atoms with E-state index in [-0.39, 0.29) is 10.9 Å². The van der Waals surface area contributed by atoms with Crippen molar-refractivity contribution in [2.24, 2.45) is 0 Å². The SMILES string of the molecule is CN(C)C1CCCN(S(=O)(=O)c2ccc(C#N)cc2)C1. The topological polar surface area (TPSA) is 64.4 Å². The van der Waals surface area contributed by atoms with Crippen molar-refractivity contribution >= 4 is 10.0 Å². The summed E-state index contributed by atoms with van der Waals surface area (Å²) in [5.41, 5.74) is 0.466. The van der Waals surface area contributed by atoms with Crippen LogP contribution in [-0.2, 0) is 10.0 Å². The van der Waals surface area contributed by atoms with Crippen molar-refractivity contribution in [2.75, 3.05) is 27.2 Å². The number of hydrogen-bond acceptors (Lipinski definition) is 4. The summed E-state index contributed by atoms with van der Waals surface area (Å²) in [5, 5.41) is 8.76. The fourth-order valence-electron chi connectivity index (χ4n) is 2.41. The van der Waals surface area contributed by atoms with Crippen LogP contribution in [0.25, 0.3) is 0 Å². The number of rotatable bonds is 3. The molecule has 0 aliphatic carbocycles. The highest BCUT2D eigenvalue weighted by atomic mass is 32.2. The molecule has 1 aliphatic rings. The summed E-state index contributed by atoms with van der Waals surface area (Å²) in [6, 6.07) is 8.35. The van der Waals surface area contributed by atoms with Crippen molar-refractivity contribution in [1.29, 1.82) is 5.26 Å². The fourth-order valence-corrected chi connectivity index (χ4v) is 3.93. The van der Waals surface area contributed by atoms with Crippen LogP contribution in [0.4, 0.5) is 0 Å². The Morgan fingerprint density at radius 1 is 1.30 bits per heavy atom. The maximum Gasteiger partial charge on any atom is 0.243 e. The largest absolute Gasteiger partial charge is 0.305 e. The molecule has 1 atom stereocenters. The second-order valence-electron chi connectivity index (χ2n) is 5.26. The molecule has 0 N–H and O–H groups in total. The number of sulfonamides is 1. The van der Waals surface area contributed by atoms with Crippen molar-refractivity contribution in [3.05, 3.63) is 29.8 Å². The Kier molecular flexibility index (Phi) is 4.43. The first-order chi connectivity index (χ1) is 9.45. The second-order valence-corrected chi connectivity index (χ2v) is 7.20. The van der Waals surface area contributed by atoms with Gasteiger partial charge in [-0.2, -0.15) is 9.57 Å². The Morgan fingerprint density at radius 2 is 1.95 bits per heavy atom. The molecule has 0 aromatic heterocycles. The molecule has 1 unspecified atom stereocenters. The van der Waals surface area contributed by atoms with Gasteiger partial charge in [0.05, 0.1) is 16.5 Å². The lowest BCUT2D eigenvalue weighted by atomic mass is 10.1. The average molecular weight is 293 g/mol. The van der Waals surface area contributed by atoms with E-state index in [0.29, 0.717) is 18.7 Å². The molecule has 1 heterocycles. The van der Waals surface area contributed by atoms with E-state index in [1.54, 1.807) is 16.4 Å². The van der Waals surface area contributed by atoms with E-state index in [4.69, 9.17) is 5.26 Å². The van der Waals surface area contributed by atoms with Crippen LogP contribution in [0.1, 0.15) is 18.4 Å². The van der Waals surface area contributed by atoms with E-state index in [9.17, 15) is 8.42 Å². The molecule has 1 saturated heterocycles. The van der Waals surface area contributed by atoms with E-state index in [2.05, 4.69) is 4.90 Å². The zero-order valence-corrected chi connectivity index (χ0v) is 12.6. The number of nitriles is 1. The summed E-state index contributed by atoms with van der Waals surface area (Å²) in [6.07, 6.45) is 1.89. The zero-order chi connectivity index (χ0) is 14.8. The van der Waals surface area contributed by atoms with Gasteiger partial charge in [0.2, 0.25) is 10.0 Å². The predicted octanol–water partition coefficient (Wildman–Crippen LogP) is 1.27. The van der Waals surface area contributed by atoms with Crippen LogP contribution in [0.2, 0.25) is 0 Å². The summed E-state index contributed by atoms with van der Waals surface area (Å²) in [6.45, 7) is 1.09. The van der Waals surface area contributed by atoms with Gasteiger partial charge in [-0.25, -0.2) is 8.42 Å². The number of benzene rings is 1. The first-order valence-corrected chi connectivity index (χ1v) is 8.06. The maximum atomic E-state index is 12.6. The molecular weight excluding hydrogens is 274 g/mol. The highest BCUT2D eigenvalue weighted by molar-refractivity contribution is 7.89. The van der Waals surface area contributed by atoms with Gasteiger partial charge in [-0.3, -0.25) is 0 Å². The van der Waals surface area contributed by atoms with E-state index in [1.807, 2.05) is 20.2 Å². The average Bonchev–Trinajstić information content (AvgIpc) is 2.47. The van der Waals surface area contributed by atoms with E-state index in [1.165, 1.54) is 12.1 Å². The minimum atomic E-state index is -3.46. The molecule has 0 bridgehead atoms. The zero-order valence-electron chi connectivity index (χ0n) is 11.8. The van der Waals surface area contributed by atoms with Crippen molar-refractivity contribution in [1.82, 2.24) is 9.21 Å². The van der Waals surface area contributed by atoms with Gasteiger partial charge in [0, 0.05) is 19.1 Å². The summed E-state index contributed by atoms with van der Waals surface area (Å²) >= 11 is 0. The molecule has 0 spiro atoms. The lowest BCUT2D eigenvalue weighted by molar-refractivity contribution is 0.190. The molecule has 1 aromatic rings. The van der Waals surface area contributed by atoms with Crippen LogP contribution in [-0.4, -0.2) is 50.8 Å². The molecule has 0 radical (unpaired) electrons. The Bertz CT molecular complexity index is 602. The van der Waals surface area contributed by atoms with Crippen molar-refractivity contribution in [3.63, 3.8) is 0 Å². The number of hydrogen-bond donors (Lipinski definition) is 0. The van der Waals surface area contributed by atoms with E-state index >= 15 is 0 Å². The summed E-state index contributed by atoms with van der Waals surface area (Å²) in [5.74, 6) is 0. The summed E-state index contributed by atoms with van der Waals surface area (Å²) < 4.78 is 26.7. The summed E-state index contributed by atoms with van der Waals surface area (Å²) in [4.78, 5) is 2.33. The number of likely N-dealkylation sites (N-methyl/N-ethyl adjacent to an activating group) is 1. The smallest absolute Gasteiger partial charge is 0.243 e. The Balaban J connectivity index is 2.23. The summed E-state index contributed by atoms with van der Waals surface area (Å²) in [7, 11) is 0.493. The molecule has 20 heavy (non-hydrogen) atoms. The van der Waals surface area contributed by atoms with Crippen LogP contribution in [0.5, 0.6) is 0 Å². The minimum Gasteiger partial charge on any atom is -0.305 e. The second kappa shape index (κ2) is 5.92. The lowest BCUT2D eigenvalue weighted by Gasteiger charge is -2.35. The third kappa shape index (κ3) is 3.01. The van der Waals surface area contributed by atoms with Crippen LogP contribution < -0.4 is 0 Å². The van der Waals surface area contributed by atoms with Crippen LogP contribution in [0, 0.1) is 11.3 Å². The van der Waals surface area contributed by atoms with Crippen molar-refractivity contribution < 1.29 is 8.42 Å². The first-order valence-electron chi connectivity index (χ1n) is 6.62. The standard InChI is InChI=1S/C14H19N3O2S/c1-16(2)13-4-3-9-17(11-13)20(18,19)14-7-5-12(10-15)6-8-14/h5-8,13H,3-4,9,11H2,1-2H3. The van der Waals surface area contributed by atoms with Crippen LogP contribution >= 0.6 is 0 Å². The molecule has 1 aromatic carbocycles. The molecule has 0 amide bonds. The van der Waals surface area contributed by atoms with Gasteiger partial charge in [0.25, 0.3) is 0 Å². The molecule has 6 heteroatoms. The number of piperidine rings is 1. The Hall–Kier alpha value is -1.42. The lowest BCUT2D eigenvalue weighted by Crippen LogP contribution is -2.47. The molecular formula is C14H19N3O2S. The minimum absolute atomic E-state index is 0.260. The van der Waals surface area contributed by atoms with Gasteiger partial charge in [-0.1, -0.05) is 0 Å². The third-order valence-corrected chi connectivity index (χ3v) is 5.59. The van der Waals surface area contributed by atoms with Gasteiger partial charge >= 0.3 is 0 Å². The third-order valence-electron chi connectivity index (χ3n) is 3.71. The quantitative estimate of drug-likeness (QED) is 0.842. The fraction of sp³-hybridized carbons (Fsp3) is 0.500. The Labute approximate surface area is 120 Å². The highest BCUT2D eigenvalue weighted by Crippen LogP contribution is 2.22. The highest BCUT2D eigenvalue weighted by Gasteiger charge is 2.30. The van der Waals surface area contributed by atoms with E-state index in [0.717, 1.165) is 12.8 Å². The van der Waals surface area contributed by atoms with Crippen molar-refractivity contribution in [3.8, 4) is 6.07 Å². The normalized spacial score (nSPS) is 20.8. The number of nitrogens with zero attached hydrogens (tertiary/aromatic N) is 3. The molecule has 5 nitrogen and oxygen atoms in total. The monoisotopic (exact) mass is 293 g/mol. The van der Waals surface area contributed by atoms with Gasteiger partial charge in [0.1, 0.15) is 0 Å². The van der Waals surface area contributed by atoms with Gasteiger partial charge < -0.3 is 4.90 Å². The van der Waals surface area contributed by atoms with Gasteiger partial charge in [0.15, 0.2) is 0 Å². The predicted molar refractivity (Wildman–Crippen MR) is 76.6 cm³/mol. The van der Waals surface area contributed by atoms with Crippen molar-refractivity contribution in [2.45, 2.75) is 23.8 Å². The Morgan fingerprint density at radius 3 is 2.50 bits per heavy atom. The van der Waals surface area contributed by atoms with E-state index < -0.39 is 10.0 Å². The molecule has 2 rings (SSSR count). The molecule has 1 fully saturated rings. The van der Waals surface area contributed by atoms with Crippen LogP contribution in [0.3, 0.4) is 0 Å². The van der Waals surface area contributed by atoms with Gasteiger partial charge in [-0.05, 0) is 51.2 Å². The van der Waals surface area contributed by atoms with Crippen LogP contribution in [0.15, 0.2) is 29.2 Å². The molecule has 1 aliphatic heterocycles. The molecule has 0 saturated carbocycles. The first kappa shape index (κ1) is 15.0.